The Morgan fingerprint density at radius 3 is 2.76 bits per heavy atom. The summed E-state index contributed by atoms with van der Waals surface area (Å²) in [5.74, 6) is 0.270. The molecule has 0 aromatic carbocycles. The summed E-state index contributed by atoms with van der Waals surface area (Å²) in [5, 5.41) is 9.65. The second kappa shape index (κ2) is 6.86. The van der Waals surface area contributed by atoms with Gasteiger partial charge in [-0.15, -0.1) is 0 Å². The number of nitrogens with two attached hydrogens (primary N) is 1. The second-order valence-electron chi connectivity index (χ2n) is 6.76. The van der Waals surface area contributed by atoms with Gasteiger partial charge in [-0.2, -0.15) is 10.2 Å². The Morgan fingerprint density at radius 2 is 2.12 bits per heavy atom. The van der Waals surface area contributed by atoms with E-state index in [1.165, 1.54) is 0 Å². The number of primary amides is 1. The highest BCUT2D eigenvalue weighted by Crippen LogP contribution is 2.38. The van der Waals surface area contributed by atoms with E-state index in [1.54, 1.807) is 0 Å². The second-order valence-corrected chi connectivity index (χ2v) is 6.76. The molecule has 1 aromatic heterocycles. The SMILES string of the molecule is CC1(C)Cc2c(C#N)c(OCC(N)=O)nc(N3CCOCC3)c2CO1. The van der Waals surface area contributed by atoms with Gasteiger partial charge in [-0.25, -0.2) is 0 Å². The molecule has 0 saturated carbocycles. The number of carbonyl (C=O) groups excluding carboxylic acids is 1. The van der Waals surface area contributed by atoms with Gasteiger partial charge in [0.15, 0.2) is 6.61 Å². The van der Waals surface area contributed by atoms with E-state index in [1.807, 2.05) is 13.8 Å². The summed E-state index contributed by atoms with van der Waals surface area (Å²) in [7, 11) is 0. The zero-order valence-electron chi connectivity index (χ0n) is 14.5. The molecule has 1 saturated heterocycles. The molecule has 25 heavy (non-hydrogen) atoms. The van der Waals surface area contributed by atoms with E-state index >= 15 is 0 Å². The Hall–Kier alpha value is -2.37. The van der Waals surface area contributed by atoms with Crippen molar-refractivity contribution in [2.75, 3.05) is 37.8 Å². The number of nitriles is 1. The minimum atomic E-state index is -0.611. The molecule has 3 rings (SSSR count). The van der Waals surface area contributed by atoms with E-state index in [-0.39, 0.29) is 18.1 Å². The van der Waals surface area contributed by atoms with Gasteiger partial charge in [0.2, 0.25) is 5.88 Å². The molecule has 134 valence electrons. The summed E-state index contributed by atoms with van der Waals surface area (Å²) >= 11 is 0. The monoisotopic (exact) mass is 346 g/mol. The molecular weight excluding hydrogens is 324 g/mol. The predicted octanol–water partition coefficient (Wildman–Crippen LogP) is 0.505. The molecular formula is C17H22N4O4. The van der Waals surface area contributed by atoms with Crippen LogP contribution < -0.4 is 15.4 Å². The number of rotatable bonds is 4. The maximum atomic E-state index is 11.1. The van der Waals surface area contributed by atoms with Crippen molar-refractivity contribution >= 4 is 11.7 Å². The average Bonchev–Trinajstić information content (AvgIpc) is 2.58. The Balaban J connectivity index is 2.09. The topological polar surface area (TPSA) is 111 Å². The fourth-order valence-corrected chi connectivity index (χ4v) is 3.12. The van der Waals surface area contributed by atoms with Gasteiger partial charge in [-0.05, 0) is 19.4 Å². The molecule has 1 aromatic rings. The van der Waals surface area contributed by atoms with Crippen LogP contribution in [-0.4, -0.2) is 49.4 Å². The minimum Gasteiger partial charge on any atom is -0.467 e. The molecule has 0 radical (unpaired) electrons. The van der Waals surface area contributed by atoms with Crippen molar-refractivity contribution in [1.29, 1.82) is 5.26 Å². The van der Waals surface area contributed by atoms with Crippen molar-refractivity contribution in [3.63, 3.8) is 0 Å². The molecule has 0 unspecified atom stereocenters. The lowest BCUT2D eigenvalue weighted by molar-refractivity contribution is -0.120. The average molecular weight is 346 g/mol. The Morgan fingerprint density at radius 1 is 1.40 bits per heavy atom. The Bertz CT molecular complexity index is 720. The third kappa shape index (κ3) is 3.67. The van der Waals surface area contributed by atoms with E-state index in [2.05, 4.69) is 16.0 Å². The summed E-state index contributed by atoms with van der Waals surface area (Å²) in [4.78, 5) is 17.7. The number of hydrogen-bond acceptors (Lipinski definition) is 7. The largest absolute Gasteiger partial charge is 0.467 e. The van der Waals surface area contributed by atoms with Crippen LogP contribution in [0, 0.1) is 11.3 Å². The fourth-order valence-electron chi connectivity index (χ4n) is 3.12. The molecule has 8 heteroatoms. The first-order chi connectivity index (χ1) is 11.9. The molecule has 3 heterocycles. The lowest BCUT2D eigenvalue weighted by Gasteiger charge is -2.36. The van der Waals surface area contributed by atoms with Crippen LogP contribution in [0.25, 0.3) is 0 Å². The van der Waals surface area contributed by atoms with Crippen LogP contribution in [0.15, 0.2) is 0 Å². The summed E-state index contributed by atoms with van der Waals surface area (Å²) in [6.07, 6.45) is 0.567. The molecule has 2 N–H and O–H groups in total. The standard InChI is InChI=1S/C17H22N4O4/c1-17(2)7-11-12(8-18)16(24-10-14(19)22)20-15(13(11)9-25-17)21-3-5-23-6-4-21/h3-7,9-10H2,1-2H3,(H2,19,22). The van der Waals surface area contributed by atoms with Crippen LogP contribution in [0.2, 0.25) is 0 Å². The van der Waals surface area contributed by atoms with E-state index < -0.39 is 5.91 Å². The van der Waals surface area contributed by atoms with Crippen LogP contribution in [0.1, 0.15) is 30.5 Å². The lowest BCUT2D eigenvalue weighted by atomic mass is 9.89. The minimum absolute atomic E-state index is 0.152. The normalized spacial score (nSPS) is 19.0. The van der Waals surface area contributed by atoms with Crippen LogP contribution in [0.4, 0.5) is 5.82 Å². The zero-order chi connectivity index (χ0) is 18.0. The molecule has 0 atom stereocenters. The van der Waals surface area contributed by atoms with Gasteiger partial charge in [0.05, 0.1) is 25.4 Å². The Kier molecular flexibility index (Phi) is 4.79. The summed E-state index contributed by atoms with van der Waals surface area (Å²) in [5.41, 5.74) is 6.91. The molecule has 0 bridgehead atoms. The fraction of sp³-hybridized carbons (Fsp3) is 0.588. The first-order valence-corrected chi connectivity index (χ1v) is 8.25. The number of morpholine rings is 1. The summed E-state index contributed by atoms with van der Waals surface area (Å²) in [6.45, 7) is 6.65. The third-order valence-electron chi connectivity index (χ3n) is 4.34. The smallest absolute Gasteiger partial charge is 0.255 e. The van der Waals surface area contributed by atoms with Gasteiger partial charge in [0.1, 0.15) is 17.5 Å². The molecule has 2 aliphatic rings. The number of ether oxygens (including phenoxy) is 3. The van der Waals surface area contributed by atoms with E-state index in [0.29, 0.717) is 44.9 Å². The summed E-state index contributed by atoms with van der Waals surface area (Å²) < 4.78 is 16.8. The van der Waals surface area contributed by atoms with Crippen molar-refractivity contribution in [1.82, 2.24) is 4.98 Å². The predicted molar refractivity (Wildman–Crippen MR) is 89.2 cm³/mol. The van der Waals surface area contributed by atoms with E-state index in [9.17, 15) is 10.1 Å². The quantitative estimate of drug-likeness (QED) is 0.845. The zero-order valence-corrected chi connectivity index (χ0v) is 14.5. The van der Waals surface area contributed by atoms with Crippen LogP contribution in [0.5, 0.6) is 5.88 Å². The third-order valence-corrected chi connectivity index (χ3v) is 4.34. The van der Waals surface area contributed by atoms with Crippen molar-refractivity contribution in [2.24, 2.45) is 5.73 Å². The first kappa shape index (κ1) is 17.5. The summed E-state index contributed by atoms with van der Waals surface area (Å²) in [6, 6.07) is 2.18. The lowest BCUT2D eigenvalue weighted by Crippen LogP contribution is -2.39. The van der Waals surface area contributed by atoms with E-state index in [4.69, 9.17) is 19.9 Å². The van der Waals surface area contributed by atoms with Crippen molar-refractivity contribution in [3.8, 4) is 11.9 Å². The molecule has 0 spiro atoms. The van der Waals surface area contributed by atoms with Gasteiger partial charge in [0.25, 0.3) is 5.91 Å². The number of hydrogen-bond donors (Lipinski definition) is 1. The maximum Gasteiger partial charge on any atom is 0.255 e. The van der Waals surface area contributed by atoms with Gasteiger partial charge in [-0.1, -0.05) is 0 Å². The van der Waals surface area contributed by atoms with Crippen LogP contribution >= 0.6 is 0 Å². The highest BCUT2D eigenvalue weighted by molar-refractivity contribution is 5.75. The van der Waals surface area contributed by atoms with Crippen LogP contribution in [-0.2, 0) is 27.3 Å². The van der Waals surface area contributed by atoms with Crippen molar-refractivity contribution in [3.05, 3.63) is 16.7 Å². The number of carbonyl (C=O) groups is 1. The molecule has 1 amide bonds. The molecule has 2 aliphatic heterocycles. The van der Waals surface area contributed by atoms with Gasteiger partial charge >= 0.3 is 0 Å². The molecule has 1 fully saturated rings. The maximum absolute atomic E-state index is 11.1. The first-order valence-electron chi connectivity index (χ1n) is 8.25. The number of aromatic nitrogens is 1. The highest BCUT2D eigenvalue weighted by atomic mass is 16.5. The number of amides is 1. The number of nitrogens with zero attached hydrogens (tertiary/aromatic N) is 3. The number of anilines is 1. The van der Waals surface area contributed by atoms with Crippen molar-refractivity contribution in [2.45, 2.75) is 32.5 Å². The van der Waals surface area contributed by atoms with Gasteiger partial charge < -0.3 is 24.8 Å². The van der Waals surface area contributed by atoms with Crippen LogP contribution in [0.3, 0.4) is 0 Å². The number of pyridine rings is 1. The van der Waals surface area contributed by atoms with Gasteiger partial charge in [-0.3, -0.25) is 4.79 Å². The van der Waals surface area contributed by atoms with E-state index in [0.717, 1.165) is 16.9 Å². The highest BCUT2D eigenvalue weighted by Gasteiger charge is 2.34. The van der Waals surface area contributed by atoms with Gasteiger partial charge in [0, 0.05) is 25.1 Å². The Labute approximate surface area is 146 Å². The molecule has 8 nitrogen and oxygen atoms in total. The molecule has 0 aliphatic carbocycles. The van der Waals surface area contributed by atoms with Crippen molar-refractivity contribution < 1.29 is 19.0 Å². The number of fused-ring (bicyclic) bond motifs is 1.